The summed E-state index contributed by atoms with van der Waals surface area (Å²) in [7, 11) is 1.82. The summed E-state index contributed by atoms with van der Waals surface area (Å²) in [5, 5.41) is 12.2. The molecule has 0 fully saturated rings. The van der Waals surface area contributed by atoms with E-state index in [0.717, 1.165) is 11.5 Å². The molecule has 1 atom stereocenters. The maximum absolute atomic E-state index is 11.2. The number of nitrogens with one attached hydrogen (secondary N) is 1. The Kier molecular flexibility index (Phi) is 2.85. The fraction of sp³-hybridized carbons (Fsp3) is 0.333. The van der Waals surface area contributed by atoms with Crippen LogP contribution in [0.1, 0.15) is 35.0 Å². The number of carbonyl (C=O) groups is 1. The van der Waals surface area contributed by atoms with Crippen molar-refractivity contribution in [3.8, 4) is 0 Å². The molecule has 0 amide bonds. The van der Waals surface area contributed by atoms with Gasteiger partial charge >= 0.3 is 5.97 Å². The molecule has 2 aromatic rings. The summed E-state index contributed by atoms with van der Waals surface area (Å²) >= 11 is 0. The number of aromatic nitrogens is 2. The van der Waals surface area contributed by atoms with Gasteiger partial charge in [0.15, 0.2) is 5.69 Å². The Bertz CT molecular complexity index is 574. The zero-order valence-electron chi connectivity index (χ0n) is 10.1. The van der Waals surface area contributed by atoms with E-state index in [1.54, 1.807) is 6.07 Å². The number of rotatable bonds is 3. The molecular formula is C12H15N3O2. The summed E-state index contributed by atoms with van der Waals surface area (Å²) < 4.78 is 1.88. The lowest BCUT2D eigenvalue weighted by molar-refractivity contribution is 0.0693. The lowest BCUT2D eigenvalue weighted by atomic mass is 10.3. The first-order valence-electron chi connectivity index (χ1n) is 5.44. The van der Waals surface area contributed by atoms with Crippen LogP contribution in [0.2, 0.25) is 0 Å². The van der Waals surface area contributed by atoms with Crippen molar-refractivity contribution in [3.05, 3.63) is 35.4 Å². The lowest BCUT2D eigenvalue weighted by Crippen LogP contribution is -2.16. The Morgan fingerprint density at radius 3 is 2.82 bits per heavy atom. The number of carboxylic acid groups (broad SMARTS) is 1. The Hall–Kier alpha value is -1.88. The maximum atomic E-state index is 11.2. The quantitative estimate of drug-likeness (QED) is 0.845. The number of aryl methyl sites for hydroxylation is 1. The van der Waals surface area contributed by atoms with Gasteiger partial charge in [-0.05, 0) is 33.0 Å². The van der Waals surface area contributed by atoms with E-state index in [1.807, 2.05) is 37.4 Å². The highest BCUT2D eigenvalue weighted by Gasteiger charge is 2.20. The number of pyridine rings is 1. The first-order chi connectivity index (χ1) is 8.06. The minimum atomic E-state index is -0.998. The van der Waals surface area contributed by atoms with Crippen molar-refractivity contribution in [2.45, 2.75) is 19.9 Å². The summed E-state index contributed by atoms with van der Waals surface area (Å²) in [6.07, 6.45) is 0. The topological polar surface area (TPSA) is 66.6 Å². The number of carboxylic acids is 1. The number of fused-ring (bicyclic) bond motifs is 1. The Morgan fingerprint density at radius 1 is 1.53 bits per heavy atom. The summed E-state index contributed by atoms with van der Waals surface area (Å²) in [5.41, 5.74) is 1.71. The number of imidazole rings is 1. The van der Waals surface area contributed by atoms with E-state index in [2.05, 4.69) is 10.3 Å². The molecule has 0 aromatic carbocycles. The minimum absolute atomic E-state index is 0.00306. The Morgan fingerprint density at radius 2 is 2.24 bits per heavy atom. The fourth-order valence-electron chi connectivity index (χ4n) is 1.91. The Balaban J connectivity index is 2.80. The predicted molar refractivity (Wildman–Crippen MR) is 64.4 cm³/mol. The van der Waals surface area contributed by atoms with Crippen LogP contribution in [0.3, 0.4) is 0 Å². The number of aromatic carboxylic acids is 1. The lowest BCUT2D eigenvalue weighted by Gasteiger charge is -2.10. The molecule has 0 aliphatic carbocycles. The van der Waals surface area contributed by atoms with Crippen molar-refractivity contribution in [1.82, 2.24) is 14.7 Å². The molecule has 0 aliphatic rings. The number of nitrogens with zero attached hydrogens (tertiary/aromatic N) is 2. The van der Waals surface area contributed by atoms with Gasteiger partial charge in [0, 0.05) is 5.69 Å². The van der Waals surface area contributed by atoms with Gasteiger partial charge in [0.05, 0.1) is 11.6 Å². The van der Waals surface area contributed by atoms with E-state index in [-0.39, 0.29) is 11.7 Å². The molecule has 0 saturated carbocycles. The van der Waals surface area contributed by atoms with Gasteiger partial charge in [-0.15, -0.1) is 0 Å². The van der Waals surface area contributed by atoms with Crippen LogP contribution in [-0.4, -0.2) is 27.5 Å². The molecule has 90 valence electrons. The van der Waals surface area contributed by atoms with Crippen LogP contribution in [0.15, 0.2) is 18.2 Å². The summed E-state index contributed by atoms with van der Waals surface area (Å²) in [4.78, 5) is 15.4. The molecule has 5 nitrogen and oxygen atoms in total. The fourth-order valence-corrected chi connectivity index (χ4v) is 1.91. The molecule has 1 unspecified atom stereocenters. The van der Waals surface area contributed by atoms with Crippen LogP contribution in [0.25, 0.3) is 5.52 Å². The SMILES string of the molecule is CNC(C)c1nc(C(=O)O)c2cccc(C)n12. The van der Waals surface area contributed by atoms with E-state index >= 15 is 0 Å². The highest BCUT2D eigenvalue weighted by molar-refractivity contribution is 5.93. The van der Waals surface area contributed by atoms with E-state index in [0.29, 0.717) is 5.52 Å². The molecule has 2 heterocycles. The van der Waals surface area contributed by atoms with E-state index in [1.165, 1.54) is 0 Å². The van der Waals surface area contributed by atoms with E-state index in [9.17, 15) is 4.79 Å². The first-order valence-corrected chi connectivity index (χ1v) is 5.44. The van der Waals surface area contributed by atoms with Crippen molar-refractivity contribution in [1.29, 1.82) is 0 Å². The highest BCUT2D eigenvalue weighted by atomic mass is 16.4. The maximum Gasteiger partial charge on any atom is 0.356 e. The summed E-state index contributed by atoms with van der Waals surface area (Å²) in [5.74, 6) is -0.277. The van der Waals surface area contributed by atoms with Crippen LogP contribution >= 0.6 is 0 Å². The van der Waals surface area contributed by atoms with Crippen LogP contribution in [0, 0.1) is 6.92 Å². The molecule has 17 heavy (non-hydrogen) atoms. The first kappa shape index (κ1) is 11.6. The van der Waals surface area contributed by atoms with Crippen LogP contribution < -0.4 is 5.32 Å². The Labute approximate surface area is 99.1 Å². The second-order valence-electron chi connectivity index (χ2n) is 4.02. The molecule has 0 spiro atoms. The molecule has 2 rings (SSSR count). The molecule has 0 saturated heterocycles. The number of hydrogen-bond acceptors (Lipinski definition) is 3. The van der Waals surface area contributed by atoms with Crippen molar-refractivity contribution in [3.63, 3.8) is 0 Å². The average molecular weight is 233 g/mol. The van der Waals surface area contributed by atoms with Gasteiger partial charge < -0.3 is 10.4 Å². The van der Waals surface area contributed by atoms with Crippen molar-refractivity contribution >= 4 is 11.5 Å². The monoisotopic (exact) mass is 233 g/mol. The van der Waals surface area contributed by atoms with Crippen molar-refractivity contribution in [2.24, 2.45) is 0 Å². The van der Waals surface area contributed by atoms with E-state index in [4.69, 9.17) is 5.11 Å². The largest absolute Gasteiger partial charge is 0.476 e. The van der Waals surface area contributed by atoms with Gasteiger partial charge in [-0.2, -0.15) is 0 Å². The smallest absolute Gasteiger partial charge is 0.356 e. The molecule has 2 aromatic heterocycles. The third-order valence-corrected chi connectivity index (χ3v) is 2.91. The molecule has 2 N–H and O–H groups in total. The molecule has 0 bridgehead atoms. The highest BCUT2D eigenvalue weighted by Crippen LogP contribution is 2.20. The molecule has 5 heteroatoms. The van der Waals surface area contributed by atoms with Gasteiger partial charge in [-0.1, -0.05) is 6.07 Å². The average Bonchev–Trinajstić information content (AvgIpc) is 2.69. The predicted octanol–water partition coefficient (Wildman–Crippen LogP) is 1.62. The normalized spacial score (nSPS) is 12.9. The van der Waals surface area contributed by atoms with Crippen LogP contribution in [0.4, 0.5) is 0 Å². The third-order valence-electron chi connectivity index (χ3n) is 2.91. The third kappa shape index (κ3) is 1.78. The van der Waals surface area contributed by atoms with Gasteiger partial charge in [0.25, 0.3) is 0 Å². The van der Waals surface area contributed by atoms with Crippen LogP contribution in [0.5, 0.6) is 0 Å². The second-order valence-corrected chi connectivity index (χ2v) is 4.02. The van der Waals surface area contributed by atoms with Crippen molar-refractivity contribution < 1.29 is 9.90 Å². The standard InChI is InChI=1S/C12H15N3O2/c1-7-5-4-6-9-10(12(16)17)14-11(15(7)9)8(2)13-3/h4-6,8,13H,1-3H3,(H,16,17). The second kappa shape index (κ2) is 4.18. The molecule has 0 radical (unpaired) electrons. The summed E-state index contributed by atoms with van der Waals surface area (Å²) in [6.45, 7) is 3.89. The summed E-state index contributed by atoms with van der Waals surface area (Å²) in [6, 6.07) is 5.55. The zero-order valence-corrected chi connectivity index (χ0v) is 10.1. The molecule has 0 aliphatic heterocycles. The van der Waals surface area contributed by atoms with Gasteiger partial charge in [-0.3, -0.25) is 4.40 Å². The van der Waals surface area contributed by atoms with Gasteiger partial charge in [0.1, 0.15) is 5.82 Å². The van der Waals surface area contributed by atoms with Crippen molar-refractivity contribution in [2.75, 3.05) is 7.05 Å². The van der Waals surface area contributed by atoms with Crippen LogP contribution in [-0.2, 0) is 0 Å². The zero-order chi connectivity index (χ0) is 12.6. The van der Waals surface area contributed by atoms with Gasteiger partial charge in [-0.25, -0.2) is 9.78 Å². The van der Waals surface area contributed by atoms with E-state index < -0.39 is 5.97 Å². The minimum Gasteiger partial charge on any atom is -0.476 e. The number of hydrogen-bond donors (Lipinski definition) is 2. The van der Waals surface area contributed by atoms with Gasteiger partial charge in [0.2, 0.25) is 0 Å². The molecular weight excluding hydrogens is 218 g/mol.